The first kappa shape index (κ1) is 13.9. The highest BCUT2D eigenvalue weighted by Gasteiger charge is 2.22. The van der Waals surface area contributed by atoms with Gasteiger partial charge in [0.1, 0.15) is 0 Å². The average Bonchev–Trinajstić information content (AvgIpc) is 2.93. The van der Waals surface area contributed by atoms with E-state index in [-0.39, 0.29) is 0 Å². The first-order valence-corrected chi connectivity index (χ1v) is 8.20. The maximum Gasteiger partial charge on any atom is 0.0372 e. The van der Waals surface area contributed by atoms with Crippen LogP contribution in [0.4, 0.5) is 5.69 Å². The summed E-state index contributed by atoms with van der Waals surface area (Å²) in [6.07, 6.45) is 1.30. The number of hydrogen-bond donors (Lipinski definition) is 1. The molecular formula is C17H21BrN2. The van der Waals surface area contributed by atoms with Gasteiger partial charge in [-0.1, -0.05) is 35.0 Å². The van der Waals surface area contributed by atoms with Crippen LogP contribution in [-0.4, -0.2) is 26.2 Å². The summed E-state index contributed by atoms with van der Waals surface area (Å²) in [6, 6.07) is 13.3. The molecule has 20 heavy (non-hydrogen) atoms. The molecule has 0 saturated carbocycles. The van der Waals surface area contributed by atoms with Crippen molar-refractivity contribution in [1.29, 1.82) is 0 Å². The Balaban J connectivity index is 1.76. The minimum atomic E-state index is 0.788. The molecule has 2 aromatic carbocycles. The van der Waals surface area contributed by atoms with Crippen LogP contribution in [0.1, 0.15) is 13.3 Å². The smallest absolute Gasteiger partial charge is 0.0372 e. The molecule has 3 rings (SSSR count). The van der Waals surface area contributed by atoms with Crippen LogP contribution in [0.3, 0.4) is 0 Å². The number of hydrogen-bond acceptors (Lipinski definition) is 2. The van der Waals surface area contributed by atoms with Crippen molar-refractivity contribution >= 4 is 32.4 Å². The van der Waals surface area contributed by atoms with Crippen LogP contribution in [0.25, 0.3) is 10.8 Å². The molecule has 2 nitrogen and oxygen atoms in total. The van der Waals surface area contributed by atoms with Gasteiger partial charge in [0, 0.05) is 23.2 Å². The highest BCUT2D eigenvalue weighted by atomic mass is 79.9. The van der Waals surface area contributed by atoms with Crippen molar-refractivity contribution in [3.8, 4) is 0 Å². The predicted molar refractivity (Wildman–Crippen MR) is 90.5 cm³/mol. The van der Waals surface area contributed by atoms with Crippen LogP contribution in [0.15, 0.2) is 40.9 Å². The van der Waals surface area contributed by atoms with Crippen molar-refractivity contribution in [3.05, 3.63) is 40.9 Å². The van der Waals surface area contributed by atoms with Crippen molar-refractivity contribution in [2.75, 3.05) is 31.1 Å². The maximum absolute atomic E-state index is 3.53. The molecule has 1 N–H and O–H groups in total. The van der Waals surface area contributed by atoms with E-state index in [2.05, 4.69) is 69.5 Å². The van der Waals surface area contributed by atoms with Gasteiger partial charge in [-0.15, -0.1) is 0 Å². The van der Waals surface area contributed by atoms with Crippen molar-refractivity contribution in [3.63, 3.8) is 0 Å². The normalized spacial score (nSPS) is 18.9. The van der Waals surface area contributed by atoms with Gasteiger partial charge in [0.05, 0.1) is 0 Å². The van der Waals surface area contributed by atoms with Gasteiger partial charge in [-0.2, -0.15) is 0 Å². The Labute approximate surface area is 129 Å². The summed E-state index contributed by atoms with van der Waals surface area (Å²) in [6.45, 7) is 6.75. The largest absolute Gasteiger partial charge is 0.371 e. The predicted octanol–water partition coefficient (Wildman–Crippen LogP) is 4.04. The molecule has 0 radical (unpaired) electrons. The Kier molecular flexibility index (Phi) is 4.27. The number of anilines is 1. The van der Waals surface area contributed by atoms with E-state index in [1.807, 2.05) is 0 Å². The third kappa shape index (κ3) is 2.99. The molecule has 1 fully saturated rings. The highest BCUT2D eigenvalue weighted by Crippen LogP contribution is 2.28. The monoisotopic (exact) mass is 332 g/mol. The SMILES string of the molecule is CCNCC1CCN(c2ccc3cc(Br)ccc3c2)C1. The maximum atomic E-state index is 3.53. The van der Waals surface area contributed by atoms with E-state index in [1.54, 1.807) is 0 Å². The molecule has 1 heterocycles. The second kappa shape index (κ2) is 6.15. The Bertz CT molecular complexity index is 597. The van der Waals surface area contributed by atoms with Crippen molar-refractivity contribution in [1.82, 2.24) is 5.32 Å². The number of halogens is 1. The van der Waals surface area contributed by atoms with Gasteiger partial charge in [0.2, 0.25) is 0 Å². The van der Waals surface area contributed by atoms with Crippen LogP contribution < -0.4 is 10.2 Å². The van der Waals surface area contributed by atoms with Crippen molar-refractivity contribution in [2.45, 2.75) is 13.3 Å². The molecule has 1 unspecified atom stereocenters. The minimum Gasteiger partial charge on any atom is -0.371 e. The summed E-state index contributed by atoms with van der Waals surface area (Å²) in [7, 11) is 0. The summed E-state index contributed by atoms with van der Waals surface area (Å²) in [5.41, 5.74) is 1.36. The molecular weight excluding hydrogens is 312 g/mol. The summed E-state index contributed by atoms with van der Waals surface area (Å²) in [5.74, 6) is 0.788. The second-order valence-corrected chi connectivity index (χ2v) is 6.50. The van der Waals surface area contributed by atoms with Gasteiger partial charge in [-0.25, -0.2) is 0 Å². The van der Waals surface area contributed by atoms with Crippen LogP contribution in [-0.2, 0) is 0 Å². The molecule has 2 aromatic rings. The van der Waals surface area contributed by atoms with Crippen molar-refractivity contribution in [2.24, 2.45) is 5.92 Å². The molecule has 3 heteroatoms. The third-order valence-corrected chi connectivity index (χ3v) is 4.61. The molecule has 1 saturated heterocycles. The fourth-order valence-corrected chi connectivity index (χ4v) is 3.36. The Morgan fingerprint density at radius 3 is 2.85 bits per heavy atom. The zero-order chi connectivity index (χ0) is 13.9. The van der Waals surface area contributed by atoms with E-state index in [4.69, 9.17) is 0 Å². The Hall–Kier alpha value is -1.06. The number of benzene rings is 2. The summed E-state index contributed by atoms with van der Waals surface area (Å²) < 4.78 is 1.14. The van der Waals surface area contributed by atoms with E-state index >= 15 is 0 Å². The van der Waals surface area contributed by atoms with E-state index in [0.29, 0.717) is 0 Å². The Morgan fingerprint density at radius 1 is 1.20 bits per heavy atom. The number of rotatable bonds is 4. The van der Waals surface area contributed by atoms with Crippen LogP contribution >= 0.6 is 15.9 Å². The topological polar surface area (TPSA) is 15.3 Å². The number of nitrogens with one attached hydrogen (secondary N) is 1. The molecule has 1 atom stereocenters. The third-order valence-electron chi connectivity index (χ3n) is 4.12. The first-order valence-electron chi connectivity index (χ1n) is 7.41. The lowest BCUT2D eigenvalue weighted by atomic mass is 10.1. The lowest BCUT2D eigenvalue weighted by Gasteiger charge is -2.19. The molecule has 106 valence electrons. The van der Waals surface area contributed by atoms with E-state index in [0.717, 1.165) is 23.5 Å². The average molecular weight is 333 g/mol. The standard InChI is InChI=1S/C17H21BrN2/c1-2-19-11-13-7-8-20(12-13)17-6-4-14-9-16(18)5-3-15(14)10-17/h3-6,9-10,13,19H,2,7-8,11-12H2,1H3. The molecule has 0 bridgehead atoms. The Morgan fingerprint density at radius 2 is 2.00 bits per heavy atom. The molecule has 0 spiro atoms. The van der Waals surface area contributed by atoms with Crippen LogP contribution in [0.5, 0.6) is 0 Å². The summed E-state index contributed by atoms with van der Waals surface area (Å²) >= 11 is 3.53. The lowest BCUT2D eigenvalue weighted by Crippen LogP contribution is -2.26. The van der Waals surface area contributed by atoms with Gasteiger partial charge in [0.15, 0.2) is 0 Å². The van der Waals surface area contributed by atoms with Gasteiger partial charge < -0.3 is 10.2 Å². The summed E-state index contributed by atoms with van der Waals surface area (Å²) in [5, 5.41) is 6.08. The van der Waals surface area contributed by atoms with Gasteiger partial charge in [-0.3, -0.25) is 0 Å². The summed E-state index contributed by atoms with van der Waals surface area (Å²) in [4.78, 5) is 2.52. The minimum absolute atomic E-state index is 0.788. The number of fused-ring (bicyclic) bond motifs is 1. The van der Waals surface area contributed by atoms with Crippen LogP contribution in [0.2, 0.25) is 0 Å². The highest BCUT2D eigenvalue weighted by molar-refractivity contribution is 9.10. The zero-order valence-corrected chi connectivity index (χ0v) is 13.5. The molecule has 0 amide bonds. The second-order valence-electron chi connectivity index (χ2n) is 5.58. The van der Waals surface area contributed by atoms with E-state index in [1.165, 1.54) is 36.0 Å². The molecule has 0 aromatic heterocycles. The van der Waals surface area contributed by atoms with Crippen LogP contribution in [0, 0.1) is 5.92 Å². The van der Waals surface area contributed by atoms with Gasteiger partial charge >= 0.3 is 0 Å². The lowest BCUT2D eigenvalue weighted by molar-refractivity contribution is 0.528. The molecule has 1 aliphatic heterocycles. The quantitative estimate of drug-likeness (QED) is 0.908. The van der Waals surface area contributed by atoms with Gasteiger partial charge in [-0.05, 0) is 60.5 Å². The molecule has 0 aliphatic carbocycles. The zero-order valence-electron chi connectivity index (χ0n) is 11.9. The number of nitrogens with zero attached hydrogens (tertiary/aromatic N) is 1. The molecule has 1 aliphatic rings. The fraction of sp³-hybridized carbons (Fsp3) is 0.412. The van der Waals surface area contributed by atoms with E-state index < -0.39 is 0 Å². The van der Waals surface area contributed by atoms with Gasteiger partial charge in [0.25, 0.3) is 0 Å². The fourth-order valence-electron chi connectivity index (χ4n) is 2.98. The van der Waals surface area contributed by atoms with Crippen molar-refractivity contribution < 1.29 is 0 Å². The first-order chi connectivity index (χ1) is 9.76. The van der Waals surface area contributed by atoms with E-state index in [9.17, 15) is 0 Å².